The van der Waals surface area contributed by atoms with Crippen molar-refractivity contribution in [2.24, 2.45) is 0 Å². The van der Waals surface area contributed by atoms with Gasteiger partial charge in [0.15, 0.2) is 0 Å². The number of nitrogens with one attached hydrogen (secondary N) is 2. The zero-order valence-electron chi connectivity index (χ0n) is 16.0. The lowest BCUT2D eigenvalue weighted by molar-refractivity contribution is -0.140. The van der Waals surface area contributed by atoms with Gasteiger partial charge in [-0.2, -0.15) is 0 Å². The van der Waals surface area contributed by atoms with Crippen LogP contribution in [0.4, 0.5) is 9.59 Å². The molecule has 1 atom stereocenters. The van der Waals surface area contributed by atoms with Crippen LogP contribution in [0.5, 0.6) is 0 Å². The van der Waals surface area contributed by atoms with E-state index in [9.17, 15) is 24.0 Å². The third-order valence-electron chi connectivity index (χ3n) is 3.38. The number of aliphatic carboxylic acids is 1. The molecule has 1 rings (SSSR count). The third-order valence-corrected chi connectivity index (χ3v) is 3.38. The molecule has 0 bridgehead atoms. The van der Waals surface area contributed by atoms with Crippen molar-refractivity contribution in [3.05, 3.63) is 12.2 Å². The van der Waals surface area contributed by atoms with E-state index >= 15 is 0 Å². The van der Waals surface area contributed by atoms with Crippen molar-refractivity contribution in [2.45, 2.75) is 45.3 Å². The third kappa shape index (κ3) is 8.52. The van der Waals surface area contributed by atoms with E-state index in [1.165, 1.54) is 0 Å². The van der Waals surface area contributed by atoms with Crippen molar-refractivity contribution in [1.82, 2.24) is 15.5 Å². The SMILES string of the molecule is CC(C)(C)OC(=O)NC[C@@H](CCOC(=O)NCCC(=O)O)N1C(=O)C=CC1=O. The highest BCUT2D eigenvalue weighted by molar-refractivity contribution is 6.13. The second-order valence-electron chi connectivity index (χ2n) is 6.91. The van der Waals surface area contributed by atoms with Crippen molar-refractivity contribution in [1.29, 1.82) is 0 Å². The molecule has 0 spiro atoms. The van der Waals surface area contributed by atoms with Gasteiger partial charge in [-0.15, -0.1) is 0 Å². The van der Waals surface area contributed by atoms with Crippen LogP contribution in [0.25, 0.3) is 0 Å². The molecule has 4 amide bonds. The van der Waals surface area contributed by atoms with E-state index in [1.54, 1.807) is 20.8 Å². The molecule has 156 valence electrons. The Labute approximate surface area is 162 Å². The first-order chi connectivity index (χ1) is 13.0. The van der Waals surface area contributed by atoms with Crippen molar-refractivity contribution >= 4 is 30.0 Å². The number of ether oxygens (including phenoxy) is 2. The Balaban J connectivity index is 2.56. The van der Waals surface area contributed by atoms with Gasteiger partial charge in [0.05, 0.1) is 19.1 Å². The molecular formula is C17H25N3O8. The van der Waals surface area contributed by atoms with Crippen molar-refractivity contribution < 1.29 is 38.6 Å². The minimum absolute atomic E-state index is 0.0707. The van der Waals surface area contributed by atoms with Gasteiger partial charge in [-0.1, -0.05) is 0 Å². The maximum Gasteiger partial charge on any atom is 0.407 e. The van der Waals surface area contributed by atoms with Gasteiger partial charge in [0.2, 0.25) is 0 Å². The Morgan fingerprint density at radius 1 is 1.11 bits per heavy atom. The zero-order chi connectivity index (χ0) is 21.3. The lowest BCUT2D eigenvalue weighted by Gasteiger charge is -2.27. The molecule has 11 heteroatoms. The number of hydrogen-bond donors (Lipinski definition) is 3. The predicted octanol–water partition coefficient (Wildman–Crippen LogP) is 0.396. The topological polar surface area (TPSA) is 151 Å². The molecule has 1 heterocycles. The van der Waals surface area contributed by atoms with Crippen molar-refractivity contribution in [3.63, 3.8) is 0 Å². The molecule has 11 nitrogen and oxygen atoms in total. The summed E-state index contributed by atoms with van der Waals surface area (Å²) < 4.78 is 10.0. The molecule has 28 heavy (non-hydrogen) atoms. The number of rotatable bonds is 9. The molecule has 0 aromatic heterocycles. The molecule has 3 N–H and O–H groups in total. The highest BCUT2D eigenvalue weighted by Crippen LogP contribution is 2.13. The summed E-state index contributed by atoms with van der Waals surface area (Å²) in [5, 5.41) is 13.3. The first kappa shape index (κ1) is 22.9. The Hall–Kier alpha value is -3.11. The maximum atomic E-state index is 11.9. The van der Waals surface area contributed by atoms with Crippen LogP contribution in [-0.2, 0) is 23.9 Å². The number of carboxylic acid groups (broad SMARTS) is 1. The molecule has 0 radical (unpaired) electrons. The normalized spacial score (nSPS) is 14.6. The standard InChI is InChI=1S/C17H25N3O8/c1-17(2,3)28-16(26)19-10-11(20-12(21)4-5-13(20)22)7-9-27-15(25)18-8-6-14(23)24/h4-5,11H,6-10H2,1-3H3,(H,18,25)(H,19,26)(H,23,24)/t11-/m1/s1. The van der Waals surface area contributed by atoms with Crippen LogP contribution in [0, 0.1) is 0 Å². The second-order valence-corrected chi connectivity index (χ2v) is 6.91. The largest absolute Gasteiger partial charge is 0.481 e. The number of imide groups is 1. The summed E-state index contributed by atoms with van der Waals surface area (Å²) in [7, 11) is 0. The lowest BCUT2D eigenvalue weighted by atomic mass is 10.2. The summed E-state index contributed by atoms with van der Waals surface area (Å²) in [6, 6.07) is -0.755. The molecule has 0 aromatic carbocycles. The second kappa shape index (κ2) is 10.3. The molecule has 0 fully saturated rings. The molecule has 1 aliphatic rings. The fourth-order valence-corrected chi connectivity index (χ4v) is 2.22. The van der Waals surface area contributed by atoms with E-state index in [2.05, 4.69) is 10.6 Å². The zero-order valence-corrected chi connectivity index (χ0v) is 16.0. The highest BCUT2D eigenvalue weighted by atomic mass is 16.6. The van der Waals surface area contributed by atoms with Gasteiger partial charge in [0.25, 0.3) is 11.8 Å². The summed E-state index contributed by atoms with van der Waals surface area (Å²) >= 11 is 0. The quantitative estimate of drug-likeness (QED) is 0.471. The number of alkyl carbamates (subject to hydrolysis) is 2. The van der Waals surface area contributed by atoms with Crippen LogP contribution in [-0.4, -0.2) is 71.3 Å². The first-order valence-corrected chi connectivity index (χ1v) is 8.64. The number of hydrogen-bond acceptors (Lipinski definition) is 7. The minimum Gasteiger partial charge on any atom is -0.481 e. The Morgan fingerprint density at radius 2 is 1.71 bits per heavy atom. The van der Waals surface area contributed by atoms with E-state index in [0.29, 0.717) is 0 Å². The van der Waals surface area contributed by atoms with Gasteiger partial charge in [-0.25, -0.2) is 9.59 Å². The van der Waals surface area contributed by atoms with Crippen molar-refractivity contribution in [2.75, 3.05) is 19.7 Å². The lowest BCUT2D eigenvalue weighted by Crippen LogP contribution is -2.48. The van der Waals surface area contributed by atoms with E-state index in [-0.39, 0.29) is 32.5 Å². The Kier molecular flexibility index (Phi) is 8.42. The molecule has 0 aromatic rings. The average Bonchev–Trinajstić information content (AvgIpc) is 2.87. The van der Waals surface area contributed by atoms with Crippen LogP contribution in [0.3, 0.4) is 0 Å². The molecule has 0 saturated carbocycles. The average molecular weight is 399 g/mol. The number of carbonyl (C=O) groups excluding carboxylic acids is 4. The van der Waals surface area contributed by atoms with Crippen LogP contribution in [0.15, 0.2) is 12.2 Å². The fourth-order valence-electron chi connectivity index (χ4n) is 2.22. The summed E-state index contributed by atoms with van der Waals surface area (Å²) in [6.45, 7) is 4.74. The minimum atomic E-state index is -1.06. The summed E-state index contributed by atoms with van der Waals surface area (Å²) in [6.07, 6.45) is 0.514. The number of carbonyl (C=O) groups is 5. The van der Waals surface area contributed by atoms with Gasteiger partial charge in [-0.3, -0.25) is 19.3 Å². The van der Waals surface area contributed by atoms with Crippen LogP contribution in [0.1, 0.15) is 33.6 Å². The summed E-state index contributed by atoms with van der Waals surface area (Å²) in [5.74, 6) is -2.13. The maximum absolute atomic E-state index is 11.9. The molecule has 1 aliphatic heterocycles. The highest BCUT2D eigenvalue weighted by Gasteiger charge is 2.32. The number of nitrogens with zero attached hydrogens (tertiary/aromatic N) is 1. The van der Waals surface area contributed by atoms with Crippen molar-refractivity contribution in [3.8, 4) is 0 Å². The molecule has 0 aliphatic carbocycles. The van der Waals surface area contributed by atoms with Crippen LogP contribution >= 0.6 is 0 Å². The molecule has 0 unspecified atom stereocenters. The predicted molar refractivity (Wildman–Crippen MR) is 95.2 cm³/mol. The Bertz CT molecular complexity index is 635. The van der Waals surface area contributed by atoms with Gasteiger partial charge >= 0.3 is 18.2 Å². The molecular weight excluding hydrogens is 374 g/mol. The number of carboxylic acids is 1. The van der Waals surface area contributed by atoms with E-state index in [0.717, 1.165) is 17.1 Å². The van der Waals surface area contributed by atoms with Gasteiger partial charge < -0.3 is 25.2 Å². The van der Waals surface area contributed by atoms with E-state index < -0.39 is 41.6 Å². The first-order valence-electron chi connectivity index (χ1n) is 8.64. The van der Waals surface area contributed by atoms with Gasteiger partial charge in [0.1, 0.15) is 5.60 Å². The van der Waals surface area contributed by atoms with Gasteiger partial charge in [0, 0.05) is 31.7 Å². The molecule has 0 saturated heterocycles. The number of amides is 4. The van der Waals surface area contributed by atoms with Crippen LogP contribution in [0.2, 0.25) is 0 Å². The summed E-state index contributed by atoms with van der Waals surface area (Å²) in [4.78, 5) is 58.5. The van der Waals surface area contributed by atoms with E-state index in [4.69, 9.17) is 14.6 Å². The monoisotopic (exact) mass is 399 g/mol. The Morgan fingerprint density at radius 3 is 2.25 bits per heavy atom. The van der Waals surface area contributed by atoms with Crippen LogP contribution < -0.4 is 10.6 Å². The fraction of sp³-hybridized carbons (Fsp3) is 0.588. The smallest absolute Gasteiger partial charge is 0.407 e. The van der Waals surface area contributed by atoms with E-state index in [1.807, 2.05) is 0 Å². The van der Waals surface area contributed by atoms with Gasteiger partial charge in [-0.05, 0) is 20.8 Å². The summed E-state index contributed by atoms with van der Waals surface area (Å²) in [5.41, 5.74) is -0.711.